The third-order valence-corrected chi connectivity index (χ3v) is 11.6. The van der Waals surface area contributed by atoms with E-state index < -0.39 is 6.09 Å². The summed E-state index contributed by atoms with van der Waals surface area (Å²) >= 11 is 0. The van der Waals surface area contributed by atoms with Gasteiger partial charge in [0.2, 0.25) is 0 Å². The van der Waals surface area contributed by atoms with Crippen LogP contribution < -0.4 is 10.6 Å². The number of hydrogen-bond donors (Lipinski definition) is 3. The molecule has 0 aromatic heterocycles. The Bertz CT molecular complexity index is 843. The molecule has 0 radical (unpaired) electrons. The monoisotopic (exact) mass is 487 g/mol. The van der Waals surface area contributed by atoms with Gasteiger partial charge in [-0.3, -0.25) is 4.84 Å². The summed E-state index contributed by atoms with van der Waals surface area (Å²) in [7, 11) is 0. The van der Waals surface area contributed by atoms with Crippen LogP contribution in [0.2, 0.25) is 0 Å². The molecular formula is C29H49N3O3. The largest absolute Gasteiger partial charge is 0.433 e. The highest BCUT2D eigenvalue weighted by atomic mass is 16.7. The molecule has 5 fully saturated rings. The zero-order valence-corrected chi connectivity index (χ0v) is 22.7. The first-order chi connectivity index (χ1) is 16.5. The summed E-state index contributed by atoms with van der Waals surface area (Å²) in [6, 6.07) is 0.302. The Balaban J connectivity index is 1.19. The van der Waals surface area contributed by atoms with Gasteiger partial charge in [0.25, 0.3) is 0 Å². The summed E-state index contributed by atoms with van der Waals surface area (Å²) in [4.78, 5) is 17.7. The first-order valence-corrected chi connectivity index (χ1v) is 14.4. The van der Waals surface area contributed by atoms with Crippen LogP contribution in [-0.4, -0.2) is 42.1 Å². The van der Waals surface area contributed by atoms with Crippen LogP contribution in [0, 0.1) is 45.8 Å². The molecule has 5 aliphatic rings. The molecule has 1 unspecified atom stereocenters. The van der Waals surface area contributed by atoms with E-state index in [4.69, 9.17) is 4.84 Å². The molecule has 9 atom stereocenters. The van der Waals surface area contributed by atoms with Crippen LogP contribution in [0.25, 0.3) is 0 Å². The minimum Gasteiger partial charge on any atom is -0.393 e. The van der Waals surface area contributed by atoms with E-state index >= 15 is 0 Å². The summed E-state index contributed by atoms with van der Waals surface area (Å²) in [6.45, 7) is 13.2. The van der Waals surface area contributed by atoms with E-state index in [9.17, 15) is 9.90 Å². The van der Waals surface area contributed by atoms with Crippen LogP contribution in [0.5, 0.6) is 0 Å². The average Bonchev–Trinajstić information content (AvgIpc) is 3.35. The van der Waals surface area contributed by atoms with Crippen molar-refractivity contribution in [3.8, 4) is 0 Å². The van der Waals surface area contributed by atoms with Crippen molar-refractivity contribution in [2.45, 2.75) is 111 Å². The van der Waals surface area contributed by atoms with Gasteiger partial charge in [-0.15, -0.1) is 0 Å². The Morgan fingerprint density at radius 2 is 1.77 bits per heavy atom. The number of hydrogen-bond acceptors (Lipinski definition) is 5. The fourth-order valence-electron chi connectivity index (χ4n) is 9.71. The van der Waals surface area contributed by atoms with E-state index in [-0.39, 0.29) is 16.9 Å². The predicted octanol–water partition coefficient (Wildman–Crippen LogP) is 5.50. The molecule has 1 amide bonds. The molecule has 4 aliphatic carbocycles. The van der Waals surface area contributed by atoms with E-state index in [1.807, 2.05) is 0 Å². The van der Waals surface area contributed by atoms with Gasteiger partial charge < -0.3 is 15.7 Å². The molecule has 1 heterocycles. The standard InChI is InChI=1S/C29H49N3O3/c1-18(32-35-26(34)30-16-20-15-27(2,3)17-31-20)23-8-9-24-22-7-6-19-14-21(33)10-12-28(19,4)25(22)11-13-29(23,24)5/h19-25,31,33H,6-17H2,1-5H3,(H,30,34)/b32-18+/t19-,20?,21+,22+,23-,24+,25+,28+,29-/m1/s1. The topological polar surface area (TPSA) is 83.0 Å². The molecule has 6 nitrogen and oxygen atoms in total. The molecule has 198 valence electrons. The summed E-state index contributed by atoms with van der Waals surface area (Å²) in [5.41, 5.74) is 1.94. The highest BCUT2D eigenvalue weighted by Gasteiger charge is 2.60. The first kappa shape index (κ1) is 25.5. The second-order valence-electron chi connectivity index (χ2n) is 14.2. The number of aliphatic hydroxyl groups is 1. The minimum absolute atomic E-state index is 0.0772. The maximum atomic E-state index is 12.3. The lowest BCUT2D eigenvalue weighted by atomic mass is 9.44. The first-order valence-electron chi connectivity index (χ1n) is 14.4. The van der Waals surface area contributed by atoms with Gasteiger partial charge in [-0.25, -0.2) is 4.79 Å². The van der Waals surface area contributed by atoms with E-state index in [0.717, 1.165) is 55.7 Å². The van der Waals surface area contributed by atoms with E-state index in [1.54, 1.807) is 0 Å². The van der Waals surface area contributed by atoms with Crippen molar-refractivity contribution < 1.29 is 14.7 Å². The van der Waals surface area contributed by atoms with Crippen molar-refractivity contribution in [1.29, 1.82) is 0 Å². The van der Waals surface area contributed by atoms with Crippen LogP contribution in [0.15, 0.2) is 5.16 Å². The summed E-state index contributed by atoms with van der Waals surface area (Å²) in [5, 5.41) is 21.0. The predicted molar refractivity (Wildman–Crippen MR) is 139 cm³/mol. The second kappa shape index (κ2) is 9.31. The molecule has 5 rings (SSSR count). The van der Waals surface area contributed by atoms with Gasteiger partial charge in [-0.05, 0) is 111 Å². The van der Waals surface area contributed by atoms with Crippen molar-refractivity contribution in [2.24, 2.45) is 51.0 Å². The minimum atomic E-state index is -0.440. The normalized spacial score (nSPS) is 46.9. The van der Waals surface area contributed by atoms with Gasteiger partial charge in [0.15, 0.2) is 0 Å². The zero-order valence-electron chi connectivity index (χ0n) is 22.7. The molecule has 0 bridgehead atoms. The van der Waals surface area contributed by atoms with Crippen LogP contribution in [0.1, 0.15) is 98.8 Å². The molecule has 3 N–H and O–H groups in total. The average molecular weight is 488 g/mol. The van der Waals surface area contributed by atoms with Crippen LogP contribution in [0.4, 0.5) is 4.79 Å². The molecular weight excluding hydrogens is 438 g/mol. The molecule has 1 aliphatic heterocycles. The van der Waals surface area contributed by atoms with E-state index in [0.29, 0.717) is 29.8 Å². The number of carbonyl (C=O) groups is 1. The van der Waals surface area contributed by atoms with Gasteiger partial charge in [0.1, 0.15) is 0 Å². The second-order valence-corrected chi connectivity index (χ2v) is 14.2. The van der Waals surface area contributed by atoms with Gasteiger partial charge in [-0.2, -0.15) is 0 Å². The molecule has 1 saturated heterocycles. The Kier molecular flexibility index (Phi) is 6.78. The van der Waals surface area contributed by atoms with E-state index in [1.165, 1.54) is 38.5 Å². The van der Waals surface area contributed by atoms with Crippen molar-refractivity contribution >= 4 is 11.8 Å². The number of nitrogens with one attached hydrogen (secondary N) is 2. The highest BCUT2D eigenvalue weighted by molar-refractivity contribution is 5.85. The van der Waals surface area contributed by atoms with E-state index in [2.05, 4.69) is 50.4 Å². The lowest BCUT2D eigenvalue weighted by Crippen LogP contribution is -2.54. The zero-order chi connectivity index (χ0) is 25.0. The third-order valence-electron chi connectivity index (χ3n) is 11.6. The fourth-order valence-corrected chi connectivity index (χ4v) is 9.71. The molecule has 4 saturated carbocycles. The van der Waals surface area contributed by atoms with Crippen molar-refractivity contribution in [3.63, 3.8) is 0 Å². The van der Waals surface area contributed by atoms with Crippen LogP contribution >= 0.6 is 0 Å². The Morgan fingerprint density at radius 3 is 2.51 bits per heavy atom. The quantitative estimate of drug-likeness (QED) is 0.278. The van der Waals surface area contributed by atoms with Gasteiger partial charge in [0, 0.05) is 25.0 Å². The lowest BCUT2D eigenvalue weighted by molar-refractivity contribution is -0.123. The van der Waals surface area contributed by atoms with Crippen molar-refractivity contribution in [2.75, 3.05) is 13.1 Å². The number of amides is 1. The Hall–Kier alpha value is -1.14. The number of fused-ring (bicyclic) bond motifs is 5. The number of aliphatic hydroxyl groups excluding tert-OH is 1. The van der Waals surface area contributed by atoms with Crippen molar-refractivity contribution in [1.82, 2.24) is 10.6 Å². The van der Waals surface area contributed by atoms with Gasteiger partial charge in [-0.1, -0.05) is 32.9 Å². The van der Waals surface area contributed by atoms with Crippen LogP contribution in [0.3, 0.4) is 0 Å². The highest BCUT2D eigenvalue weighted by Crippen LogP contribution is 2.67. The number of oxime groups is 1. The van der Waals surface area contributed by atoms with Gasteiger partial charge >= 0.3 is 6.09 Å². The summed E-state index contributed by atoms with van der Waals surface area (Å²) in [5.74, 6) is 3.45. The van der Waals surface area contributed by atoms with Crippen LogP contribution in [-0.2, 0) is 4.84 Å². The molecule has 0 spiro atoms. The fraction of sp³-hybridized carbons (Fsp3) is 0.931. The number of carbonyl (C=O) groups excluding carboxylic acids is 1. The Labute approximate surface area is 212 Å². The molecule has 0 aromatic rings. The van der Waals surface area contributed by atoms with Gasteiger partial charge in [0.05, 0.1) is 11.8 Å². The maximum Gasteiger partial charge on any atom is 0.433 e. The maximum absolute atomic E-state index is 12.3. The summed E-state index contributed by atoms with van der Waals surface area (Å²) < 4.78 is 0. The van der Waals surface area contributed by atoms with Crippen molar-refractivity contribution in [3.05, 3.63) is 0 Å². The third kappa shape index (κ3) is 4.67. The number of nitrogens with zero attached hydrogens (tertiary/aromatic N) is 1. The molecule has 0 aromatic carbocycles. The lowest BCUT2D eigenvalue weighted by Gasteiger charge is -2.61. The smallest absolute Gasteiger partial charge is 0.393 e. The Morgan fingerprint density at radius 1 is 1.03 bits per heavy atom. The number of rotatable bonds is 4. The SMILES string of the molecule is C/C(=N\OC(=O)NCC1CC(C)(C)CN1)[C@H]1CC[C@H]2[C@@H]3CC[C@@H]4C[C@@H](O)CC[C@]4(C)[C@H]3CC[C@]12C. The molecule has 6 heteroatoms. The molecule has 35 heavy (non-hydrogen) atoms. The summed E-state index contributed by atoms with van der Waals surface area (Å²) in [6.07, 6.45) is 11.3.